The monoisotopic (exact) mass is 323 g/mol. The molecular weight excluding hydrogens is 309 g/mol. The van der Waals surface area contributed by atoms with Gasteiger partial charge in [0.1, 0.15) is 0 Å². The lowest BCUT2D eigenvalue weighted by Gasteiger charge is -2.22. The third-order valence-electron chi connectivity index (χ3n) is 3.27. The quantitative estimate of drug-likeness (QED) is 0.894. The van der Waals surface area contributed by atoms with Gasteiger partial charge in [-0.15, -0.1) is 0 Å². The van der Waals surface area contributed by atoms with Gasteiger partial charge in [0.25, 0.3) is 0 Å². The molecule has 1 aromatic rings. The minimum absolute atomic E-state index is 0.00611. The number of hydrogen-bond acceptors (Lipinski definition) is 3. The first-order valence-electron chi connectivity index (χ1n) is 5.99. The van der Waals surface area contributed by atoms with E-state index in [1.54, 1.807) is 0 Å². The molecule has 2 rings (SSSR count). The molecule has 0 aliphatic heterocycles. The van der Waals surface area contributed by atoms with Gasteiger partial charge in [-0.2, -0.15) is 0 Å². The van der Waals surface area contributed by atoms with Crippen molar-refractivity contribution in [2.24, 2.45) is 0 Å². The zero-order chi connectivity index (χ0) is 14.1. The van der Waals surface area contributed by atoms with Gasteiger partial charge in [0.05, 0.1) is 10.5 Å². The molecule has 2 N–H and O–H groups in total. The van der Waals surface area contributed by atoms with Crippen molar-refractivity contribution in [2.45, 2.75) is 36.2 Å². The third kappa shape index (κ3) is 3.83. The number of benzene rings is 1. The predicted molar refractivity (Wildman–Crippen MR) is 75.1 cm³/mol. The molecule has 106 valence electrons. The fourth-order valence-corrected chi connectivity index (χ4v) is 4.05. The van der Waals surface area contributed by atoms with Gasteiger partial charge < -0.3 is 5.11 Å². The summed E-state index contributed by atoms with van der Waals surface area (Å²) < 4.78 is 26.6. The number of sulfonamides is 1. The van der Waals surface area contributed by atoms with Gasteiger partial charge in [-0.1, -0.05) is 36.0 Å². The lowest BCUT2D eigenvalue weighted by molar-refractivity contribution is 0.0532. The molecule has 0 heterocycles. The highest BCUT2D eigenvalue weighted by atomic mass is 35.5. The smallest absolute Gasteiger partial charge is 0.240 e. The number of rotatable bonds is 4. The van der Waals surface area contributed by atoms with E-state index in [-0.39, 0.29) is 21.5 Å². The van der Waals surface area contributed by atoms with Crippen molar-refractivity contribution >= 4 is 33.2 Å². The second-order valence-corrected chi connectivity index (χ2v) is 7.50. The van der Waals surface area contributed by atoms with Crippen LogP contribution in [0.15, 0.2) is 23.1 Å². The van der Waals surface area contributed by atoms with Crippen LogP contribution in [0, 0.1) is 0 Å². The molecule has 0 radical (unpaired) electrons. The van der Waals surface area contributed by atoms with Crippen molar-refractivity contribution in [3.63, 3.8) is 0 Å². The van der Waals surface area contributed by atoms with Crippen LogP contribution in [0.5, 0.6) is 0 Å². The lowest BCUT2D eigenvalue weighted by Crippen LogP contribution is -2.40. The summed E-state index contributed by atoms with van der Waals surface area (Å²) in [7, 11) is -3.71. The predicted octanol–water partition coefficient (Wildman–Crippen LogP) is 2.58. The molecular formula is C12H15Cl2NO3S. The summed E-state index contributed by atoms with van der Waals surface area (Å²) in [5.41, 5.74) is -0.935. The zero-order valence-corrected chi connectivity index (χ0v) is 12.5. The molecule has 0 aromatic heterocycles. The van der Waals surface area contributed by atoms with Gasteiger partial charge in [-0.05, 0) is 31.0 Å². The largest absolute Gasteiger partial charge is 0.389 e. The Morgan fingerprint density at radius 3 is 2.21 bits per heavy atom. The van der Waals surface area contributed by atoms with Crippen molar-refractivity contribution in [3.05, 3.63) is 28.2 Å². The maximum atomic E-state index is 12.1. The minimum atomic E-state index is -3.71. The Hall–Kier alpha value is -0.330. The van der Waals surface area contributed by atoms with Gasteiger partial charge in [0.2, 0.25) is 10.0 Å². The molecule has 0 saturated heterocycles. The summed E-state index contributed by atoms with van der Waals surface area (Å²) in [6.45, 7) is 0.0134. The van der Waals surface area contributed by atoms with Crippen LogP contribution in [0.2, 0.25) is 10.0 Å². The van der Waals surface area contributed by atoms with Crippen molar-refractivity contribution in [1.29, 1.82) is 0 Å². The fourth-order valence-electron chi connectivity index (χ4n) is 2.21. The first-order valence-corrected chi connectivity index (χ1v) is 8.23. The van der Waals surface area contributed by atoms with E-state index in [1.165, 1.54) is 18.2 Å². The topological polar surface area (TPSA) is 66.4 Å². The average Bonchev–Trinajstić information content (AvgIpc) is 2.73. The van der Waals surface area contributed by atoms with Gasteiger partial charge in [0, 0.05) is 16.6 Å². The Kier molecular flexibility index (Phi) is 4.42. The van der Waals surface area contributed by atoms with E-state index >= 15 is 0 Å². The Labute approximate surface area is 122 Å². The highest BCUT2D eigenvalue weighted by Gasteiger charge is 2.32. The van der Waals surface area contributed by atoms with Crippen molar-refractivity contribution in [3.8, 4) is 0 Å². The normalized spacial score (nSPS) is 18.7. The third-order valence-corrected chi connectivity index (χ3v) is 5.09. The van der Waals surface area contributed by atoms with Crippen molar-refractivity contribution < 1.29 is 13.5 Å². The van der Waals surface area contributed by atoms with E-state index in [0.717, 1.165) is 12.8 Å². The summed E-state index contributed by atoms with van der Waals surface area (Å²) in [6, 6.07) is 4.12. The first-order chi connectivity index (χ1) is 8.81. The molecule has 0 atom stereocenters. The highest BCUT2D eigenvalue weighted by molar-refractivity contribution is 7.89. The minimum Gasteiger partial charge on any atom is -0.389 e. The van der Waals surface area contributed by atoms with E-state index in [2.05, 4.69) is 4.72 Å². The molecule has 1 aromatic carbocycles. The Balaban J connectivity index is 2.13. The van der Waals surface area contributed by atoms with E-state index < -0.39 is 15.6 Å². The Bertz CT molecular complexity index is 548. The van der Waals surface area contributed by atoms with E-state index in [4.69, 9.17) is 23.2 Å². The van der Waals surface area contributed by atoms with Crippen molar-refractivity contribution in [2.75, 3.05) is 6.54 Å². The summed E-state index contributed by atoms with van der Waals surface area (Å²) >= 11 is 11.6. The Morgan fingerprint density at radius 2 is 1.68 bits per heavy atom. The number of aliphatic hydroxyl groups is 1. The van der Waals surface area contributed by atoms with E-state index in [1.807, 2.05) is 0 Å². The average molecular weight is 324 g/mol. The molecule has 1 saturated carbocycles. The summed E-state index contributed by atoms with van der Waals surface area (Å²) in [6.07, 6.45) is 3.07. The lowest BCUT2D eigenvalue weighted by atomic mass is 10.0. The van der Waals surface area contributed by atoms with Gasteiger partial charge >= 0.3 is 0 Å². The maximum absolute atomic E-state index is 12.1. The Morgan fingerprint density at radius 1 is 1.16 bits per heavy atom. The second kappa shape index (κ2) is 5.58. The maximum Gasteiger partial charge on any atom is 0.240 e. The number of hydrogen-bond donors (Lipinski definition) is 2. The molecule has 0 spiro atoms. The summed E-state index contributed by atoms with van der Waals surface area (Å²) in [4.78, 5) is 0.00611. The first kappa shape index (κ1) is 15.1. The molecule has 0 amide bonds. The SMILES string of the molecule is O=S(=O)(NCC1(O)CCCC1)c1cc(Cl)cc(Cl)c1. The zero-order valence-electron chi connectivity index (χ0n) is 10.2. The van der Waals surface area contributed by atoms with Crippen LogP contribution in [0.4, 0.5) is 0 Å². The van der Waals surface area contributed by atoms with Gasteiger partial charge in [-0.3, -0.25) is 0 Å². The van der Waals surface area contributed by atoms with Gasteiger partial charge in [0.15, 0.2) is 0 Å². The molecule has 1 fully saturated rings. The molecule has 1 aliphatic carbocycles. The van der Waals surface area contributed by atoms with E-state index in [0.29, 0.717) is 12.8 Å². The van der Waals surface area contributed by atoms with Crippen LogP contribution < -0.4 is 4.72 Å². The van der Waals surface area contributed by atoms with Crippen LogP contribution in [0.1, 0.15) is 25.7 Å². The number of nitrogens with one attached hydrogen (secondary N) is 1. The van der Waals surface area contributed by atoms with Crippen LogP contribution in [-0.4, -0.2) is 25.7 Å². The molecule has 0 bridgehead atoms. The van der Waals surface area contributed by atoms with Crippen LogP contribution in [0.25, 0.3) is 0 Å². The summed E-state index contributed by atoms with van der Waals surface area (Å²) in [5, 5.41) is 10.6. The molecule has 19 heavy (non-hydrogen) atoms. The number of halogens is 2. The van der Waals surface area contributed by atoms with E-state index in [9.17, 15) is 13.5 Å². The van der Waals surface area contributed by atoms with Gasteiger partial charge in [-0.25, -0.2) is 13.1 Å². The van der Waals surface area contributed by atoms with Crippen LogP contribution in [-0.2, 0) is 10.0 Å². The second-order valence-electron chi connectivity index (χ2n) is 4.86. The van der Waals surface area contributed by atoms with Crippen LogP contribution >= 0.6 is 23.2 Å². The fraction of sp³-hybridized carbons (Fsp3) is 0.500. The standard InChI is InChI=1S/C12H15Cl2NO3S/c13-9-5-10(14)7-11(6-9)19(17,18)15-8-12(16)3-1-2-4-12/h5-7,15-16H,1-4,8H2. The molecule has 4 nitrogen and oxygen atoms in total. The molecule has 1 aliphatic rings. The molecule has 7 heteroatoms. The molecule has 0 unspecified atom stereocenters. The van der Waals surface area contributed by atoms with Crippen LogP contribution in [0.3, 0.4) is 0 Å². The highest BCUT2D eigenvalue weighted by Crippen LogP contribution is 2.29. The summed E-state index contributed by atoms with van der Waals surface area (Å²) in [5.74, 6) is 0. The van der Waals surface area contributed by atoms with Crippen molar-refractivity contribution in [1.82, 2.24) is 4.72 Å².